The maximum absolute atomic E-state index is 12.4. The van der Waals surface area contributed by atoms with E-state index in [9.17, 15) is 14.9 Å². The number of rotatable bonds is 4. The number of aromatic nitrogens is 1. The minimum atomic E-state index is -0.429. The van der Waals surface area contributed by atoms with Crippen molar-refractivity contribution in [3.63, 3.8) is 0 Å². The quantitative estimate of drug-likeness (QED) is 0.258. The molecule has 0 aliphatic heterocycles. The highest BCUT2D eigenvalue weighted by Crippen LogP contribution is 2.37. The number of nitro benzene ring substituents is 1. The highest BCUT2D eigenvalue weighted by molar-refractivity contribution is 9.10. The van der Waals surface area contributed by atoms with Crippen LogP contribution in [0.5, 0.6) is 0 Å². The van der Waals surface area contributed by atoms with Crippen LogP contribution in [0.25, 0.3) is 16.9 Å². The lowest BCUT2D eigenvalue weighted by Crippen LogP contribution is -2.17. The van der Waals surface area contributed by atoms with Gasteiger partial charge in [-0.3, -0.25) is 10.1 Å². The van der Waals surface area contributed by atoms with Crippen molar-refractivity contribution in [2.24, 2.45) is 0 Å². The molecule has 0 amide bonds. The van der Waals surface area contributed by atoms with Crippen molar-refractivity contribution in [2.75, 3.05) is 7.11 Å². The van der Waals surface area contributed by atoms with Crippen LogP contribution >= 0.6 is 15.9 Å². The van der Waals surface area contributed by atoms with Crippen LogP contribution in [-0.4, -0.2) is 22.6 Å². The second-order valence-corrected chi connectivity index (χ2v) is 8.99. The fourth-order valence-electron chi connectivity index (χ4n) is 3.53. The normalized spacial score (nSPS) is 11.4. The third kappa shape index (κ3) is 4.03. The second kappa shape index (κ2) is 8.07. The Labute approximate surface area is 183 Å². The average Bonchev–Trinajstić information content (AvgIpc) is 3.03. The van der Waals surface area contributed by atoms with E-state index in [4.69, 9.17) is 4.74 Å². The molecule has 0 spiro atoms. The molecule has 0 unspecified atom stereocenters. The molecule has 3 aromatic rings. The third-order valence-corrected chi connectivity index (χ3v) is 5.51. The first-order valence-electron chi connectivity index (χ1n) is 9.40. The van der Waals surface area contributed by atoms with E-state index >= 15 is 0 Å². The maximum Gasteiger partial charge on any atom is 0.339 e. The van der Waals surface area contributed by atoms with Gasteiger partial charge >= 0.3 is 5.97 Å². The van der Waals surface area contributed by atoms with E-state index < -0.39 is 10.9 Å². The molecular formula is C23H23BrN2O4. The van der Waals surface area contributed by atoms with E-state index in [1.54, 1.807) is 18.2 Å². The van der Waals surface area contributed by atoms with Gasteiger partial charge in [0.05, 0.1) is 29.0 Å². The molecular weight excluding hydrogens is 448 g/mol. The first kappa shape index (κ1) is 21.8. The molecule has 0 fully saturated rings. The van der Waals surface area contributed by atoms with Gasteiger partial charge in [0.2, 0.25) is 0 Å². The van der Waals surface area contributed by atoms with Crippen molar-refractivity contribution in [1.29, 1.82) is 0 Å². The van der Waals surface area contributed by atoms with Crippen molar-refractivity contribution in [3.8, 4) is 16.9 Å². The summed E-state index contributed by atoms with van der Waals surface area (Å²) in [4.78, 5) is 23.4. The summed E-state index contributed by atoms with van der Waals surface area (Å²) < 4.78 is 7.86. The molecule has 7 heteroatoms. The van der Waals surface area contributed by atoms with Gasteiger partial charge in [-0.2, -0.15) is 0 Å². The van der Waals surface area contributed by atoms with Gasteiger partial charge in [0.15, 0.2) is 0 Å². The minimum absolute atomic E-state index is 0.0330. The smallest absolute Gasteiger partial charge is 0.339 e. The van der Waals surface area contributed by atoms with Crippen molar-refractivity contribution < 1.29 is 14.5 Å². The standard InChI is InChI=1S/C23H23BrN2O4/c1-14-18(22(27)30-5)13-21(15-7-6-8-16(24)11-15)25(14)20-10-9-17(26(28)29)12-19(20)23(2,3)4/h6-13H,1-5H3. The summed E-state index contributed by atoms with van der Waals surface area (Å²) in [6.45, 7) is 7.87. The van der Waals surface area contributed by atoms with Gasteiger partial charge in [0.25, 0.3) is 5.69 Å². The number of nitro groups is 1. The number of hydrogen-bond acceptors (Lipinski definition) is 4. The second-order valence-electron chi connectivity index (χ2n) is 8.07. The molecule has 0 aliphatic rings. The Hall–Kier alpha value is -2.93. The van der Waals surface area contributed by atoms with Crippen molar-refractivity contribution in [2.45, 2.75) is 33.1 Å². The van der Waals surface area contributed by atoms with Gasteiger partial charge in [-0.05, 0) is 47.7 Å². The van der Waals surface area contributed by atoms with Crippen LogP contribution in [0.4, 0.5) is 5.69 Å². The van der Waals surface area contributed by atoms with Gasteiger partial charge in [-0.15, -0.1) is 0 Å². The molecule has 0 saturated carbocycles. The van der Waals surface area contributed by atoms with Crippen LogP contribution in [0.15, 0.2) is 53.0 Å². The molecule has 156 valence electrons. The number of halogens is 1. The Kier molecular flexibility index (Phi) is 5.85. The van der Waals surface area contributed by atoms with Gasteiger partial charge in [0, 0.05) is 22.3 Å². The van der Waals surface area contributed by atoms with Crippen LogP contribution in [0.1, 0.15) is 42.4 Å². The zero-order chi connectivity index (χ0) is 22.2. The number of nitrogens with zero attached hydrogens (tertiary/aromatic N) is 2. The average molecular weight is 471 g/mol. The molecule has 1 heterocycles. The summed E-state index contributed by atoms with van der Waals surface area (Å²) in [6, 6.07) is 14.4. The van der Waals surface area contributed by atoms with Gasteiger partial charge < -0.3 is 9.30 Å². The summed E-state index contributed by atoms with van der Waals surface area (Å²) in [5.41, 5.74) is 4.12. The summed E-state index contributed by atoms with van der Waals surface area (Å²) in [6.07, 6.45) is 0. The number of ether oxygens (including phenoxy) is 1. The zero-order valence-corrected chi connectivity index (χ0v) is 19.1. The monoisotopic (exact) mass is 470 g/mol. The lowest BCUT2D eigenvalue weighted by atomic mass is 9.85. The number of benzene rings is 2. The predicted octanol–water partition coefficient (Wildman–Crippen LogP) is 6.21. The number of esters is 1. The molecule has 3 rings (SSSR count). The fourth-order valence-corrected chi connectivity index (χ4v) is 3.93. The molecule has 0 N–H and O–H groups in total. The van der Waals surface area contributed by atoms with E-state index in [1.807, 2.05) is 56.5 Å². The molecule has 0 atom stereocenters. The van der Waals surface area contributed by atoms with Crippen LogP contribution in [-0.2, 0) is 10.2 Å². The van der Waals surface area contributed by atoms with Crippen LogP contribution in [0.2, 0.25) is 0 Å². The summed E-state index contributed by atoms with van der Waals surface area (Å²) in [5, 5.41) is 11.4. The van der Waals surface area contributed by atoms with E-state index in [-0.39, 0.29) is 11.1 Å². The van der Waals surface area contributed by atoms with E-state index in [0.29, 0.717) is 11.3 Å². The number of non-ortho nitro benzene ring substituents is 1. The zero-order valence-electron chi connectivity index (χ0n) is 17.5. The SMILES string of the molecule is COC(=O)c1cc(-c2cccc(Br)c2)n(-c2ccc([N+](=O)[O-])cc2C(C)(C)C)c1C. The molecule has 0 saturated heterocycles. The van der Waals surface area contributed by atoms with E-state index in [2.05, 4.69) is 15.9 Å². The Morgan fingerprint density at radius 1 is 1.13 bits per heavy atom. The van der Waals surface area contributed by atoms with Crippen molar-refractivity contribution >= 4 is 27.6 Å². The third-order valence-electron chi connectivity index (χ3n) is 5.01. The van der Waals surface area contributed by atoms with E-state index in [0.717, 1.165) is 27.0 Å². The number of carbonyl (C=O) groups is 1. The number of carbonyl (C=O) groups excluding carboxylic acids is 1. The summed E-state index contributed by atoms with van der Waals surface area (Å²) in [7, 11) is 1.35. The molecule has 0 radical (unpaired) electrons. The minimum Gasteiger partial charge on any atom is -0.465 e. The Morgan fingerprint density at radius 3 is 2.40 bits per heavy atom. The first-order valence-corrected chi connectivity index (χ1v) is 10.2. The molecule has 6 nitrogen and oxygen atoms in total. The number of hydrogen-bond donors (Lipinski definition) is 0. The van der Waals surface area contributed by atoms with Crippen molar-refractivity contribution in [3.05, 3.63) is 79.9 Å². The van der Waals surface area contributed by atoms with Crippen LogP contribution < -0.4 is 0 Å². The van der Waals surface area contributed by atoms with Crippen molar-refractivity contribution in [1.82, 2.24) is 4.57 Å². The topological polar surface area (TPSA) is 74.4 Å². The lowest BCUT2D eigenvalue weighted by Gasteiger charge is -2.25. The van der Waals surface area contributed by atoms with Gasteiger partial charge in [0.1, 0.15) is 0 Å². The predicted molar refractivity (Wildman–Crippen MR) is 120 cm³/mol. The Balaban J connectivity index is 2.39. The fraction of sp³-hybridized carbons (Fsp3) is 0.261. The molecule has 0 aliphatic carbocycles. The Bertz CT molecular complexity index is 1140. The lowest BCUT2D eigenvalue weighted by molar-refractivity contribution is -0.385. The van der Waals surface area contributed by atoms with Crippen LogP contribution in [0, 0.1) is 17.0 Å². The molecule has 0 bridgehead atoms. The highest BCUT2D eigenvalue weighted by Gasteiger charge is 2.27. The Morgan fingerprint density at radius 2 is 1.83 bits per heavy atom. The van der Waals surface area contributed by atoms with Gasteiger partial charge in [-0.1, -0.05) is 48.8 Å². The molecule has 1 aromatic heterocycles. The van der Waals surface area contributed by atoms with E-state index in [1.165, 1.54) is 13.2 Å². The summed E-state index contributed by atoms with van der Waals surface area (Å²) in [5.74, 6) is -0.429. The van der Waals surface area contributed by atoms with Crippen LogP contribution in [0.3, 0.4) is 0 Å². The molecule has 2 aromatic carbocycles. The highest BCUT2D eigenvalue weighted by atomic mass is 79.9. The summed E-state index contributed by atoms with van der Waals surface area (Å²) >= 11 is 3.50. The molecule has 30 heavy (non-hydrogen) atoms. The largest absolute Gasteiger partial charge is 0.465 e. The maximum atomic E-state index is 12.4. The first-order chi connectivity index (χ1) is 14.0. The number of methoxy groups -OCH3 is 1. The van der Waals surface area contributed by atoms with Gasteiger partial charge in [-0.25, -0.2) is 4.79 Å².